The van der Waals surface area contributed by atoms with Gasteiger partial charge in [0.15, 0.2) is 5.54 Å². The molecular formula is C21H21NO5. The normalized spacial score (nSPS) is 21.4. The number of benzene rings is 2. The van der Waals surface area contributed by atoms with Crippen LogP contribution in [0.2, 0.25) is 0 Å². The van der Waals surface area contributed by atoms with Crippen molar-refractivity contribution in [2.45, 2.75) is 18.4 Å². The van der Waals surface area contributed by atoms with Gasteiger partial charge in [-0.1, -0.05) is 48.5 Å². The quantitative estimate of drug-likeness (QED) is 0.902. The molecule has 0 saturated carbocycles. The fourth-order valence-corrected chi connectivity index (χ4v) is 3.89. The Morgan fingerprint density at radius 1 is 1.15 bits per heavy atom. The fraction of sp³-hybridized carbons (Fsp3) is 0.333. The second-order valence-electron chi connectivity index (χ2n) is 7.09. The van der Waals surface area contributed by atoms with E-state index in [1.54, 1.807) is 0 Å². The molecule has 0 spiro atoms. The summed E-state index contributed by atoms with van der Waals surface area (Å²) in [6.07, 6.45) is -0.620. The van der Waals surface area contributed by atoms with E-state index >= 15 is 0 Å². The number of carbonyl (C=O) groups is 2. The number of hydrogen-bond acceptors (Lipinski definition) is 4. The number of morpholine rings is 1. The molecule has 27 heavy (non-hydrogen) atoms. The van der Waals surface area contributed by atoms with Gasteiger partial charge < -0.3 is 14.6 Å². The first-order chi connectivity index (χ1) is 13.0. The second kappa shape index (κ2) is 6.70. The van der Waals surface area contributed by atoms with Crippen molar-refractivity contribution in [3.63, 3.8) is 0 Å². The van der Waals surface area contributed by atoms with Crippen LogP contribution in [-0.4, -0.2) is 54.0 Å². The first-order valence-electron chi connectivity index (χ1n) is 8.96. The zero-order chi connectivity index (χ0) is 19.0. The van der Waals surface area contributed by atoms with E-state index < -0.39 is 17.6 Å². The molecule has 2 aliphatic rings. The van der Waals surface area contributed by atoms with Crippen LogP contribution in [-0.2, 0) is 14.3 Å². The Labute approximate surface area is 157 Å². The maximum Gasteiger partial charge on any atom is 0.410 e. The van der Waals surface area contributed by atoms with Crippen molar-refractivity contribution in [1.29, 1.82) is 0 Å². The summed E-state index contributed by atoms with van der Waals surface area (Å²) in [5.74, 6) is -1.16. The molecule has 1 atom stereocenters. The minimum atomic E-state index is -1.42. The second-order valence-corrected chi connectivity index (χ2v) is 7.09. The largest absolute Gasteiger partial charge is 0.479 e. The van der Waals surface area contributed by atoms with Gasteiger partial charge in [0.2, 0.25) is 0 Å². The molecule has 1 heterocycles. The van der Waals surface area contributed by atoms with Gasteiger partial charge in [-0.3, -0.25) is 4.90 Å². The van der Waals surface area contributed by atoms with Crippen molar-refractivity contribution in [3.05, 3.63) is 59.7 Å². The molecule has 0 radical (unpaired) electrons. The molecule has 1 aliphatic heterocycles. The molecule has 4 rings (SSSR count). The summed E-state index contributed by atoms with van der Waals surface area (Å²) in [5.41, 5.74) is 3.12. The van der Waals surface area contributed by atoms with Crippen molar-refractivity contribution < 1.29 is 24.2 Å². The number of amides is 1. The van der Waals surface area contributed by atoms with E-state index in [1.165, 1.54) is 11.8 Å². The van der Waals surface area contributed by atoms with Crippen molar-refractivity contribution in [3.8, 4) is 11.1 Å². The molecule has 1 saturated heterocycles. The number of ether oxygens (including phenoxy) is 2. The van der Waals surface area contributed by atoms with Crippen molar-refractivity contribution in [1.82, 2.24) is 4.90 Å². The Hall–Kier alpha value is -2.86. The molecular weight excluding hydrogens is 346 g/mol. The van der Waals surface area contributed by atoms with Gasteiger partial charge in [0.25, 0.3) is 0 Å². The lowest BCUT2D eigenvalue weighted by Gasteiger charge is -2.40. The third-order valence-corrected chi connectivity index (χ3v) is 5.46. The predicted molar refractivity (Wildman–Crippen MR) is 98.6 cm³/mol. The summed E-state index contributed by atoms with van der Waals surface area (Å²) >= 11 is 0. The summed E-state index contributed by atoms with van der Waals surface area (Å²) in [5, 5.41) is 9.53. The SMILES string of the molecule is CC1(C(=O)O)COCCN1C(=O)OCC1c2ccccc2-c2ccccc21. The number of nitrogens with zero attached hydrogens (tertiary/aromatic N) is 1. The average Bonchev–Trinajstić information content (AvgIpc) is 3.00. The number of carboxylic acid groups (broad SMARTS) is 1. The first-order valence-corrected chi connectivity index (χ1v) is 8.96. The highest BCUT2D eigenvalue weighted by Crippen LogP contribution is 2.44. The summed E-state index contributed by atoms with van der Waals surface area (Å²) in [4.78, 5) is 25.6. The molecule has 1 N–H and O–H groups in total. The van der Waals surface area contributed by atoms with Crippen molar-refractivity contribution in [2.75, 3.05) is 26.4 Å². The van der Waals surface area contributed by atoms with E-state index in [4.69, 9.17) is 9.47 Å². The Balaban J connectivity index is 1.55. The molecule has 1 unspecified atom stereocenters. The fourth-order valence-electron chi connectivity index (χ4n) is 3.89. The van der Waals surface area contributed by atoms with Crippen LogP contribution in [0, 0.1) is 0 Å². The molecule has 2 aromatic rings. The van der Waals surface area contributed by atoms with E-state index in [9.17, 15) is 14.7 Å². The average molecular weight is 367 g/mol. The highest BCUT2D eigenvalue weighted by molar-refractivity contribution is 5.84. The van der Waals surface area contributed by atoms with Gasteiger partial charge in [-0.05, 0) is 29.2 Å². The van der Waals surface area contributed by atoms with Crippen LogP contribution in [0.5, 0.6) is 0 Å². The van der Waals surface area contributed by atoms with Gasteiger partial charge in [0.1, 0.15) is 6.61 Å². The number of aliphatic carboxylic acids is 1. The van der Waals surface area contributed by atoms with Gasteiger partial charge in [-0.25, -0.2) is 9.59 Å². The van der Waals surface area contributed by atoms with Gasteiger partial charge in [0, 0.05) is 12.5 Å². The van der Waals surface area contributed by atoms with E-state index in [0.717, 1.165) is 22.3 Å². The Morgan fingerprint density at radius 3 is 2.33 bits per heavy atom. The van der Waals surface area contributed by atoms with Gasteiger partial charge in [-0.2, -0.15) is 0 Å². The highest BCUT2D eigenvalue weighted by atomic mass is 16.6. The minimum Gasteiger partial charge on any atom is -0.479 e. The summed E-state index contributed by atoms with van der Waals surface area (Å²) < 4.78 is 10.9. The van der Waals surface area contributed by atoms with Crippen LogP contribution >= 0.6 is 0 Å². The summed E-state index contributed by atoms with van der Waals surface area (Å²) in [7, 11) is 0. The molecule has 2 aromatic carbocycles. The number of fused-ring (bicyclic) bond motifs is 3. The molecule has 1 fully saturated rings. The van der Waals surface area contributed by atoms with Gasteiger partial charge >= 0.3 is 12.1 Å². The zero-order valence-electron chi connectivity index (χ0n) is 15.1. The van der Waals surface area contributed by atoms with Crippen LogP contribution in [0.1, 0.15) is 24.0 Å². The van der Waals surface area contributed by atoms with Crippen LogP contribution in [0.15, 0.2) is 48.5 Å². The van der Waals surface area contributed by atoms with Crippen LogP contribution < -0.4 is 0 Å². The third kappa shape index (κ3) is 2.86. The lowest BCUT2D eigenvalue weighted by atomic mass is 9.98. The van der Waals surface area contributed by atoms with Gasteiger partial charge in [0.05, 0.1) is 13.2 Å². The lowest BCUT2D eigenvalue weighted by Crippen LogP contribution is -2.61. The Morgan fingerprint density at radius 2 is 1.74 bits per heavy atom. The zero-order valence-corrected chi connectivity index (χ0v) is 15.1. The number of carboxylic acids is 1. The Bertz CT molecular complexity index is 850. The molecule has 140 valence electrons. The van der Waals surface area contributed by atoms with Crippen molar-refractivity contribution >= 4 is 12.1 Å². The van der Waals surface area contributed by atoms with Gasteiger partial charge in [-0.15, -0.1) is 0 Å². The molecule has 0 bridgehead atoms. The summed E-state index contributed by atoms with van der Waals surface area (Å²) in [6, 6.07) is 16.2. The monoisotopic (exact) mass is 367 g/mol. The standard InChI is InChI=1S/C21H21NO5/c1-21(19(23)24)13-26-11-10-22(21)20(25)27-12-18-16-8-4-2-6-14(16)15-7-3-5-9-17(15)18/h2-9,18H,10-13H2,1H3,(H,23,24). The Kier molecular flexibility index (Phi) is 4.36. The van der Waals surface area contributed by atoms with Crippen LogP contribution in [0.3, 0.4) is 0 Å². The smallest absolute Gasteiger partial charge is 0.410 e. The molecule has 1 aliphatic carbocycles. The van der Waals surface area contributed by atoms with Crippen LogP contribution in [0.4, 0.5) is 4.79 Å². The van der Waals surface area contributed by atoms with E-state index in [-0.39, 0.29) is 25.7 Å². The first kappa shape index (κ1) is 17.5. The maximum atomic E-state index is 12.7. The number of rotatable bonds is 3. The third-order valence-electron chi connectivity index (χ3n) is 5.46. The van der Waals surface area contributed by atoms with Crippen molar-refractivity contribution in [2.24, 2.45) is 0 Å². The van der Waals surface area contributed by atoms with E-state index in [1.807, 2.05) is 36.4 Å². The molecule has 0 aromatic heterocycles. The van der Waals surface area contributed by atoms with E-state index in [2.05, 4.69) is 12.1 Å². The molecule has 6 heteroatoms. The molecule has 1 amide bonds. The topological polar surface area (TPSA) is 76.1 Å². The van der Waals surface area contributed by atoms with E-state index in [0.29, 0.717) is 6.61 Å². The number of carbonyl (C=O) groups excluding carboxylic acids is 1. The lowest BCUT2D eigenvalue weighted by molar-refractivity contribution is -0.159. The molecule has 6 nitrogen and oxygen atoms in total. The van der Waals surface area contributed by atoms with Crippen LogP contribution in [0.25, 0.3) is 11.1 Å². The maximum absolute atomic E-state index is 12.7. The highest BCUT2D eigenvalue weighted by Gasteiger charge is 2.46. The number of hydrogen-bond donors (Lipinski definition) is 1. The minimum absolute atomic E-state index is 0.0491. The predicted octanol–water partition coefficient (Wildman–Crippen LogP) is 3.11. The summed E-state index contributed by atoms with van der Waals surface area (Å²) in [6.45, 7) is 2.09.